The van der Waals surface area contributed by atoms with E-state index in [0.29, 0.717) is 6.54 Å². The fourth-order valence-electron chi connectivity index (χ4n) is 0.844. The van der Waals surface area contributed by atoms with Gasteiger partial charge in [0, 0.05) is 11.4 Å². The van der Waals surface area contributed by atoms with E-state index in [1.807, 2.05) is 12.1 Å². The van der Waals surface area contributed by atoms with Gasteiger partial charge in [-0.25, -0.2) is 0 Å². The molecule has 1 aromatic carbocycles. The number of hydrogen-bond donors (Lipinski definition) is 1. The van der Waals surface area contributed by atoms with E-state index >= 15 is 0 Å². The lowest BCUT2D eigenvalue weighted by molar-refractivity contribution is 1.03. The highest BCUT2D eigenvalue weighted by atomic mass is 33.1. The van der Waals surface area contributed by atoms with Gasteiger partial charge in [-0.2, -0.15) is 0 Å². The highest BCUT2D eigenvalue weighted by Crippen LogP contribution is 2.30. The zero-order chi connectivity index (χ0) is 8.10. The molecule has 2 N–H and O–H groups in total. The summed E-state index contributed by atoms with van der Waals surface area (Å²) in [6.45, 7) is 0.629. The Labute approximate surface area is 75.1 Å². The van der Waals surface area contributed by atoms with Gasteiger partial charge in [-0.1, -0.05) is 39.8 Å². The smallest absolute Gasteiger partial charge is 0.0227 e. The van der Waals surface area contributed by atoms with E-state index < -0.39 is 0 Å². The first kappa shape index (κ1) is 8.97. The maximum atomic E-state index is 5.56. The predicted octanol–water partition coefficient (Wildman–Crippen LogP) is 2.52. The van der Waals surface area contributed by atoms with Gasteiger partial charge in [0.15, 0.2) is 0 Å². The molecule has 0 aliphatic rings. The van der Waals surface area contributed by atoms with Gasteiger partial charge in [0.1, 0.15) is 0 Å². The molecule has 0 saturated heterocycles. The van der Waals surface area contributed by atoms with Gasteiger partial charge < -0.3 is 5.73 Å². The summed E-state index contributed by atoms with van der Waals surface area (Å²) in [6, 6.07) is 8.23. The molecular formula is C8H11NS2. The summed E-state index contributed by atoms with van der Waals surface area (Å²) < 4.78 is 0. The minimum Gasteiger partial charge on any atom is -0.326 e. The maximum absolute atomic E-state index is 5.56. The highest BCUT2D eigenvalue weighted by molar-refractivity contribution is 8.76. The van der Waals surface area contributed by atoms with E-state index in [9.17, 15) is 0 Å². The molecule has 0 saturated carbocycles. The third-order valence-corrected chi connectivity index (χ3v) is 3.15. The molecule has 0 bridgehead atoms. The number of nitrogens with two attached hydrogens (primary N) is 1. The Morgan fingerprint density at radius 3 is 2.73 bits per heavy atom. The highest BCUT2D eigenvalue weighted by Gasteiger charge is 1.97. The van der Waals surface area contributed by atoms with E-state index in [4.69, 9.17) is 5.73 Å². The van der Waals surface area contributed by atoms with E-state index in [1.165, 1.54) is 10.5 Å². The summed E-state index contributed by atoms with van der Waals surface area (Å²) in [5.41, 5.74) is 6.79. The number of hydrogen-bond acceptors (Lipinski definition) is 3. The summed E-state index contributed by atoms with van der Waals surface area (Å²) in [4.78, 5) is 1.28. The molecule has 0 aliphatic carbocycles. The van der Waals surface area contributed by atoms with Crippen molar-refractivity contribution >= 4 is 21.6 Å². The molecule has 0 unspecified atom stereocenters. The molecule has 1 nitrogen and oxygen atoms in total. The number of rotatable bonds is 3. The molecule has 1 aromatic rings. The van der Waals surface area contributed by atoms with Gasteiger partial charge in [-0.3, -0.25) is 0 Å². The largest absolute Gasteiger partial charge is 0.326 e. The van der Waals surface area contributed by atoms with Crippen LogP contribution >= 0.6 is 21.6 Å². The van der Waals surface area contributed by atoms with Crippen molar-refractivity contribution in [1.29, 1.82) is 0 Å². The fourth-order valence-corrected chi connectivity index (χ4v) is 2.44. The van der Waals surface area contributed by atoms with Gasteiger partial charge in [0.05, 0.1) is 0 Å². The van der Waals surface area contributed by atoms with Gasteiger partial charge in [-0.15, -0.1) is 0 Å². The van der Waals surface area contributed by atoms with E-state index in [2.05, 4.69) is 18.4 Å². The van der Waals surface area contributed by atoms with Crippen molar-refractivity contribution in [2.24, 2.45) is 5.73 Å². The zero-order valence-corrected chi connectivity index (χ0v) is 8.04. The molecule has 0 spiro atoms. The molecule has 1 rings (SSSR count). The van der Waals surface area contributed by atoms with Gasteiger partial charge in [0.25, 0.3) is 0 Å². The van der Waals surface area contributed by atoms with Crippen LogP contribution in [0.3, 0.4) is 0 Å². The lowest BCUT2D eigenvalue weighted by Gasteiger charge is -2.03. The zero-order valence-electron chi connectivity index (χ0n) is 6.41. The summed E-state index contributed by atoms with van der Waals surface area (Å²) in [5, 5.41) is 0. The van der Waals surface area contributed by atoms with Crippen molar-refractivity contribution in [1.82, 2.24) is 0 Å². The molecule has 0 amide bonds. The molecule has 0 heterocycles. The second kappa shape index (κ2) is 4.70. The van der Waals surface area contributed by atoms with E-state index in [0.717, 1.165) is 0 Å². The molecular weight excluding hydrogens is 174 g/mol. The lowest BCUT2D eigenvalue weighted by atomic mass is 10.2. The van der Waals surface area contributed by atoms with Crippen LogP contribution in [0.2, 0.25) is 0 Å². The van der Waals surface area contributed by atoms with Crippen LogP contribution in [0.4, 0.5) is 0 Å². The fraction of sp³-hybridized carbons (Fsp3) is 0.250. The first-order valence-corrected chi connectivity index (χ1v) is 5.93. The van der Waals surface area contributed by atoms with Crippen molar-refractivity contribution in [3.8, 4) is 0 Å². The Hall–Kier alpha value is -0.120. The molecule has 0 aliphatic heterocycles. The van der Waals surface area contributed by atoms with Crippen LogP contribution < -0.4 is 5.73 Å². The van der Waals surface area contributed by atoms with Crippen LogP contribution in [-0.2, 0) is 6.54 Å². The van der Waals surface area contributed by atoms with Crippen molar-refractivity contribution in [2.45, 2.75) is 11.4 Å². The summed E-state index contributed by atoms with van der Waals surface area (Å²) >= 11 is 0. The minimum atomic E-state index is 0.629. The summed E-state index contributed by atoms with van der Waals surface area (Å²) in [7, 11) is 3.51. The third kappa shape index (κ3) is 2.43. The maximum Gasteiger partial charge on any atom is 0.0227 e. The van der Waals surface area contributed by atoms with Crippen LogP contribution in [0.15, 0.2) is 29.2 Å². The Kier molecular flexibility index (Phi) is 3.83. The van der Waals surface area contributed by atoms with Crippen LogP contribution in [0.1, 0.15) is 5.56 Å². The van der Waals surface area contributed by atoms with Gasteiger partial charge in [-0.05, 0) is 17.9 Å². The normalized spacial score (nSPS) is 10.0. The Morgan fingerprint density at radius 2 is 2.09 bits per heavy atom. The van der Waals surface area contributed by atoms with Gasteiger partial charge in [0.2, 0.25) is 0 Å². The average Bonchev–Trinajstić information content (AvgIpc) is 2.06. The molecule has 0 fully saturated rings. The van der Waals surface area contributed by atoms with E-state index in [1.54, 1.807) is 21.6 Å². The molecule has 11 heavy (non-hydrogen) atoms. The summed E-state index contributed by atoms with van der Waals surface area (Å²) in [6.07, 6.45) is 2.07. The SMILES string of the molecule is CSSc1ccccc1CN. The Morgan fingerprint density at radius 1 is 1.36 bits per heavy atom. The molecule has 0 radical (unpaired) electrons. The minimum absolute atomic E-state index is 0.629. The van der Waals surface area contributed by atoms with Crippen LogP contribution in [-0.4, -0.2) is 6.26 Å². The third-order valence-electron chi connectivity index (χ3n) is 1.37. The van der Waals surface area contributed by atoms with Crippen molar-refractivity contribution in [3.63, 3.8) is 0 Å². The van der Waals surface area contributed by atoms with Crippen molar-refractivity contribution in [2.75, 3.05) is 6.26 Å². The summed E-state index contributed by atoms with van der Waals surface area (Å²) in [5.74, 6) is 0. The van der Waals surface area contributed by atoms with Crippen LogP contribution in [0.25, 0.3) is 0 Å². The monoisotopic (exact) mass is 185 g/mol. The topological polar surface area (TPSA) is 26.0 Å². The first-order chi connectivity index (χ1) is 5.38. The second-order valence-corrected chi connectivity index (χ2v) is 4.50. The quantitative estimate of drug-likeness (QED) is 0.733. The second-order valence-electron chi connectivity index (χ2n) is 2.06. The average molecular weight is 185 g/mol. The Bertz CT molecular complexity index is 225. The van der Waals surface area contributed by atoms with Crippen molar-refractivity contribution in [3.05, 3.63) is 29.8 Å². The van der Waals surface area contributed by atoms with Crippen molar-refractivity contribution < 1.29 is 0 Å². The Balaban J connectivity index is 2.83. The number of benzene rings is 1. The lowest BCUT2D eigenvalue weighted by Crippen LogP contribution is -1.96. The molecule has 0 atom stereocenters. The van der Waals surface area contributed by atoms with Gasteiger partial charge >= 0.3 is 0 Å². The van der Waals surface area contributed by atoms with Crippen LogP contribution in [0, 0.1) is 0 Å². The molecule has 3 heteroatoms. The standard InChI is InChI=1S/C8H11NS2/c1-10-11-8-5-3-2-4-7(8)6-9/h2-5H,6,9H2,1H3. The first-order valence-electron chi connectivity index (χ1n) is 3.37. The predicted molar refractivity (Wildman–Crippen MR) is 53.7 cm³/mol. The molecule has 60 valence electrons. The molecule has 0 aromatic heterocycles. The van der Waals surface area contributed by atoms with E-state index in [-0.39, 0.29) is 0 Å². The van der Waals surface area contributed by atoms with Crippen LogP contribution in [0.5, 0.6) is 0 Å².